The summed E-state index contributed by atoms with van der Waals surface area (Å²) in [5, 5.41) is 7.74. The smallest absolute Gasteiger partial charge is 0.230 e. The summed E-state index contributed by atoms with van der Waals surface area (Å²) in [4.78, 5) is 4.67. The molecule has 1 aliphatic carbocycles. The van der Waals surface area contributed by atoms with Crippen molar-refractivity contribution in [3.63, 3.8) is 0 Å². The van der Waals surface area contributed by atoms with Gasteiger partial charge in [-0.3, -0.25) is 0 Å². The largest absolute Gasteiger partial charge is 0.339 e. The molecule has 2 aliphatic rings. The van der Waals surface area contributed by atoms with E-state index in [0.717, 1.165) is 24.7 Å². The molecule has 0 radical (unpaired) electrons. The van der Waals surface area contributed by atoms with Crippen molar-refractivity contribution in [2.75, 3.05) is 6.54 Å². The topological polar surface area (TPSA) is 51.0 Å². The molecule has 3 rings (SSSR count). The Morgan fingerprint density at radius 2 is 2.06 bits per heavy atom. The van der Waals surface area contributed by atoms with E-state index in [1.165, 1.54) is 38.5 Å². The van der Waals surface area contributed by atoms with Gasteiger partial charge in [-0.25, -0.2) is 0 Å². The predicted molar refractivity (Wildman–Crippen MR) is 69.3 cm³/mol. The molecule has 1 saturated heterocycles. The molecule has 0 amide bonds. The van der Waals surface area contributed by atoms with Crippen molar-refractivity contribution in [1.82, 2.24) is 15.5 Å². The van der Waals surface area contributed by atoms with E-state index in [1.54, 1.807) is 0 Å². The second-order valence-electron chi connectivity index (χ2n) is 5.86. The molecule has 100 valence electrons. The Morgan fingerprint density at radius 3 is 2.89 bits per heavy atom. The van der Waals surface area contributed by atoms with E-state index in [9.17, 15) is 0 Å². The molecule has 1 aromatic rings. The number of nitrogens with zero attached hydrogens (tertiary/aromatic N) is 2. The highest BCUT2D eigenvalue weighted by Crippen LogP contribution is 2.38. The average molecular weight is 249 g/mol. The fourth-order valence-electron chi connectivity index (χ4n) is 3.30. The first kappa shape index (κ1) is 12.2. The Hall–Kier alpha value is -0.900. The lowest BCUT2D eigenvalue weighted by Crippen LogP contribution is -2.21. The van der Waals surface area contributed by atoms with Crippen LogP contribution in [0.15, 0.2) is 4.52 Å². The third-order valence-electron chi connectivity index (χ3n) is 4.51. The Labute approximate surface area is 109 Å². The van der Waals surface area contributed by atoms with Crippen LogP contribution in [0.25, 0.3) is 0 Å². The molecule has 2 fully saturated rings. The molecule has 4 nitrogen and oxygen atoms in total. The summed E-state index contributed by atoms with van der Waals surface area (Å²) >= 11 is 0. The summed E-state index contributed by atoms with van der Waals surface area (Å²) in [5.41, 5.74) is 0. The lowest BCUT2D eigenvalue weighted by Gasteiger charge is -2.11. The van der Waals surface area contributed by atoms with Crippen LogP contribution in [0.5, 0.6) is 0 Å². The summed E-state index contributed by atoms with van der Waals surface area (Å²) in [6.45, 7) is 3.37. The fourth-order valence-corrected chi connectivity index (χ4v) is 3.30. The van der Waals surface area contributed by atoms with Crippen LogP contribution >= 0.6 is 0 Å². The monoisotopic (exact) mass is 249 g/mol. The maximum absolute atomic E-state index is 5.51. The van der Waals surface area contributed by atoms with E-state index < -0.39 is 0 Å². The van der Waals surface area contributed by atoms with Crippen LogP contribution in [-0.4, -0.2) is 16.7 Å². The van der Waals surface area contributed by atoms with Crippen molar-refractivity contribution < 1.29 is 4.52 Å². The van der Waals surface area contributed by atoms with Gasteiger partial charge in [-0.2, -0.15) is 4.98 Å². The fraction of sp³-hybridized carbons (Fsp3) is 0.857. The van der Waals surface area contributed by atoms with E-state index in [1.807, 2.05) is 0 Å². The van der Waals surface area contributed by atoms with E-state index in [4.69, 9.17) is 4.52 Å². The maximum atomic E-state index is 5.51. The summed E-state index contributed by atoms with van der Waals surface area (Å²) in [6, 6.07) is 0.307. The van der Waals surface area contributed by atoms with Crippen LogP contribution in [-0.2, 0) is 0 Å². The molecule has 18 heavy (non-hydrogen) atoms. The highest BCUT2D eigenvalue weighted by molar-refractivity contribution is 5.02. The third kappa shape index (κ3) is 2.44. The zero-order chi connectivity index (χ0) is 12.4. The van der Waals surface area contributed by atoms with E-state index in [0.29, 0.717) is 17.9 Å². The van der Waals surface area contributed by atoms with Crippen molar-refractivity contribution in [3.8, 4) is 0 Å². The molecule has 1 aromatic heterocycles. The van der Waals surface area contributed by atoms with E-state index in [2.05, 4.69) is 22.4 Å². The molecule has 4 heteroatoms. The molecule has 0 spiro atoms. The van der Waals surface area contributed by atoms with Crippen molar-refractivity contribution in [2.45, 2.75) is 63.8 Å². The number of hydrogen-bond acceptors (Lipinski definition) is 4. The van der Waals surface area contributed by atoms with Crippen molar-refractivity contribution in [2.24, 2.45) is 5.92 Å². The lowest BCUT2D eigenvalue weighted by atomic mass is 9.98. The van der Waals surface area contributed by atoms with Crippen molar-refractivity contribution >= 4 is 0 Å². The van der Waals surface area contributed by atoms with Crippen molar-refractivity contribution in [3.05, 3.63) is 11.7 Å². The minimum atomic E-state index is 0.307. The van der Waals surface area contributed by atoms with Gasteiger partial charge in [-0.1, -0.05) is 31.3 Å². The van der Waals surface area contributed by atoms with Gasteiger partial charge in [-0.05, 0) is 38.1 Å². The van der Waals surface area contributed by atoms with Crippen LogP contribution in [0.1, 0.15) is 75.5 Å². The Bertz CT molecular complexity index is 382. The van der Waals surface area contributed by atoms with Crippen LogP contribution in [0.2, 0.25) is 0 Å². The van der Waals surface area contributed by atoms with Crippen LogP contribution in [0, 0.1) is 5.92 Å². The Kier molecular flexibility index (Phi) is 3.64. The third-order valence-corrected chi connectivity index (χ3v) is 4.51. The average Bonchev–Trinajstić information content (AvgIpc) is 2.91. The van der Waals surface area contributed by atoms with Gasteiger partial charge in [0.2, 0.25) is 5.89 Å². The van der Waals surface area contributed by atoms with Crippen LogP contribution in [0.3, 0.4) is 0 Å². The molecular weight excluding hydrogens is 226 g/mol. The number of rotatable bonds is 2. The molecule has 1 aliphatic heterocycles. The molecule has 3 unspecified atom stereocenters. The second-order valence-corrected chi connectivity index (χ2v) is 5.86. The maximum Gasteiger partial charge on any atom is 0.230 e. The van der Waals surface area contributed by atoms with Gasteiger partial charge in [0.1, 0.15) is 0 Å². The first-order chi connectivity index (χ1) is 8.84. The van der Waals surface area contributed by atoms with Crippen LogP contribution < -0.4 is 5.32 Å². The normalized spacial score (nSPS) is 33.5. The summed E-state index contributed by atoms with van der Waals surface area (Å²) in [5.74, 6) is 2.95. The van der Waals surface area contributed by atoms with E-state index >= 15 is 0 Å². The summed E-state index contributed by atoms with van der Waals surface area (Å²) in [6.07, 6.45) is 8.78. The Balaban J connectivity index is 1.72. The lowest BCUT2D eigenvalue weighted by molar-refractivity contribution is 0.324. The number of nitrogens with one attached hydrogen (secondary N) is 1. The van der Waals surface area contributed by atoms with Crippen molar-refractivity contribution in [1.29, 1.82) is 0 Å². The molecule has 1 saturated carbocycles. The number of aromatic nitrogens is 2. The molecule has 1 N–H and O–H groups in total. The van der Waals surface area contributed by atoms with Gasteiger partial charge in [0.15, 0.2) is 5.82 Å². The highest BCUT2D eigenvalue weighted by atomic mass is 16.5. The van der Waals surface area contributed by atoms with Gasteiger partial charge >= 0.3 is 0 Å². The molecule has 3 atom stereocenters. The standard InChI is InChI=1S/C14H23N3O/c1-10-6-5-7-11(10)14-16-13(17-18-14)12-8-3-2-4-9-15-12/h10-12,15H,2-9H2,1H3. The highest BCUT2D eigenvalue weighted by Gasteiger charge is 2.30. The molecular formula is C14H23N3O. The zero-order valence-electron chi connectivity index (χ0n) is 11.2. The first-order valence-electron chi connectivity index (χ1n) is 7.41. The SMILES string of the molecule is CC1CCCC1c1nc(C2CCCCCN2)no1. The minimum Gasteiger partial charge on any atom is -0.339 e. The van der Waals surface area contributed by atoms with Gasteiger partial charge in [0, 0.05) is 5.92 Å². The van der Waals surface area contributed by atoms with E-state index in [-0.39, 0.29) is 0 Å². The molecule has 0 aromatic carbocycles. The minimum absolute atomic E-state index is 0.307. The summed E-state index contributed by atoms with van der Waals surface area (Å²) < 4.78 is 5.51. The first-order valence-corrected chi connectivity index (χ1v) is 7.41. The molecule has 0 bridgehead atoms. The predicted octanol–water partition coefficient (Wildman–Crippen LogP) is 3.18. The zero-order valence-corrected chi connectivity index (χ0v) is 11.2. The van der Waals surface area contributed by atoms with Gasteiger partial charge in [0.25, 0.3) is 0 Å². The Morgan fingerprint density at radius 1 is 1.11 bits per heavy atom. The number of hydrogen-bond donors (Lipinski definition) is 1. The van der Waals surface area contributed by atoms with Gasteiger partial charge < -0.3 is 9.84 Å². The van der Waals surface area contributed by atoms with Crippen LogP contribution in [0.4, 0.5) is 0 Å². The second kappa shape index (κ2) is 5.39. The van der Waals surface area contributed by atoms with Gasteiger partial charge in [-0.15, -0.1) is 0 Å². The summed E-state index contributed by atoms with van der Waals surface area (Å²) in [7, 11) is 0. The van der Waals surface area contributed by atoms with Gasteiger partial charge in [0.05, 0.1) is 6.04 Å². The molecule has 2 heterocycles. The quantitative estimate of drug-likeness (QED) is 0.874.